The van der Waals surface area contributed by atoms with Gasteiger partial charge in [-0.25, -0.2) is 4.79 Å². The molecule has 18 heavy (non-hydrogen) atoms. The van der Waals surface area contributed by atoms with Crippen LogP contribution in [0.3, 0.4) is 0 Å². The highest BCUT2D eigenvalue weighted by atomic mass is 16.7. The Kier molecular flexibility index (Phi) is 3.18. The number of hydrogen-bond donors (Lipinski definition) is 2. The molecule has 2 aromatic heterocycles. The maximum Gasteiger partial charge on any atom is 0.365 e. The molecule has 0 radical (unpaired) electrons. The van der Waals surface area contributed by atoms with Crippen molar-refractivity contribution >= 4 is 5.97 Å². The summed E-state index contributed by atoms with van der Waals surface area (Å²) in [5.41, 5.74) is 1.15. The average molecular weight is 248 g/mol. The molecule has 0 fully saturated rings. The summed E-state index contributed by atoms with van der Waals surface area (Å²) in [5.74, 6) is -1.43. The van der Waals surface area contributed by atoms with Crippen LogP contribution in [-0.4, -0.2) is 25.9 Å². The molecule has 2 rings (SSSR count). The van der Waals surface area contributed by atoms with Crippen LogP contribution in [0.1, 0.15) is 22.8 Å². The minimum absolute atomic E-state index is 0.252. The molecular weight excluding hydrogens is 236 g/mol. The lowest BCUT2D eigenvalue weighted by Gasteiger charge is -2.07. The largest absolute Gasteiger partial charge is 0.492 e. The third kappa shape index (κ3) is 2.27. The van der Waals surface area contributed by atoms with Gasteiger partial charge in [0.15, 0.2) is 0 Å². The maximum atomic E-state index is 11.8. The summed E-state index contributed by atoms with van der Waals surface area (Å²) in [6, 6.07) is 4.07. The molecule has 0 aromatic carbocycles. The zero-order chi connectivity index (χ0) is 13.1. The molecule has 2 heterocycles. The zero-order valence-corrected chi connectivity index (χ0v) is 9.70. The number of nitrogens with zero attached hydrogens (tertiary/aromatic N) is 2. The molecule has 0 aliphatic carbocycles. The Morgan fingerprint density at radius 1 is 1.33 bits per heavy atom. The van der Waals surface area contributed by atoms with Crippen LogP contribution >= 0.6 is 0 Å². The molecule has 0 bridgehead atoms. The van der Waals surface area contributed by atoms with Gasteiger partial charge >= 0.3 is 5.97 Å². The Hall–Kier alpha value is -2.50. The van der Waals surface area contributed by atoms with Crippen molar-refractivity contribution < 1.29 is 19.8 Å². The molecule has 0 atom stereocenters. The summed E-state index contributed by atoms with van der Waals surface area (Å²) in [6.07, 6.45) is 3.76. The van der Waals surface area contributed by atoms with Crippen LogP contribution in [0.25, 0.3) is 0 Å². The predicted molar refractivity (Wildman–Crippen MR) is 62.3 cm³/mol. The number of hydrogen-bond acceptors (Lipinski definition) is 5. The van der Waals surface area contributed by atoms with E-state index in [4.69, 9.17) is 4.84 Å². The van der Waals surface area contributed by atoms with Crippen LogP contribution < -0.4 is 4.84 Å². The van der Waals surface area contributed by atoms with E-state index in [2.05, 4.69) is 4.98 Å². The number of aromatic nitrogens is 2. The van der Waals surface area contributed by atoms with Gasteiger partial charge in [0, 0.05) is 24.5 Å². The first-order valence-corrected chi connectivity index (χ1v) is 5.38. The second kappa shape index (κ2) is 4.79. The van der Waals surface area contributed by atoms with Gasteiger partial charge in [-0.2, -0.15) is 0 Å². The van der Waals surface area contributed by atoms with Crippen molar-refractivity contribution in [1.29, 1.82) is 0 Å². The van der Waals surface area contributed by atoms with Gasteiger partial charge in [-0.05, 0) is 18.1 Å². The zero-order valence-electron chi connectivity index (χ0n) is 9.70. The minimum atomic E-state index is -0.709. The van der Waals surface area contributed by atoms with E-state index in [9.17, 15) is 15.0 Å². The number of aryl methyl sites for hydroxylation is 1. The van der Waals surface area contributed by atoms with E-state index >= 15 is 0 Å². The summed E-state index contributed by atoms with van der Waals surface area (Å²) >= 11 is 0. The molecule has 6 heteroatoms. The Morgan fingerprint density at radius 2 is 2.00 bits per heavy atom. The first kappa shape index (κ1) is 12.0. The molecule has 0 saturated heterocycles. The predicted octanol–water partition coefficient (Wildman–Crippen LogP) is 1.13. The van der Waals surface area contributed by atoms with Crippen molar-refractivity contribution in [2.24, 2.45) is 0 Å². The summed E-state index contributed by atoms with van der Waals surface area (Å²) in [4.78, 5) is 20.5. The third-order valence-electron chi connectivity index (χ3n) is 2.41. The highest BCUT2D eigenvalue weighted by Gasteiger charge is 2.14. The Balaban J connectivity index is 2.22. The summed E-state index contributed by atoms with van der Waals surface area (Å²) in [6.45, 7) is 1.94. The van der Waals surface area contributed by atoms with Crippen molar-refractivity contribution in [3.63, 3.8) is 0 Å². The molecule has 0 saturated carbocycles. The molecule has 0 unspecified atom stereocenters. The lowest BCUT2D eigenvalue weighted by molar-refractivity contribution is 0.0381. The van der Waals surface area contributed by atoms with E-state index in [1.54, 1.807) is 12.3 Å². The SMILES string of the molecule is CCc1cncc(C(=O)On2c(O)ccc2O)c1. The van der Waals surface area contributed by atoms with Crippen LogP contribution in [0.15, 0.2) is 30.6 Å². The van der Waals surface area contributed by atoms with Gasteiger partial charge in [-0.15, -0.1) is 4.73 Å². The molecule has 0 aliphatic heterocycles. The van der Waals surface area contributed by atoms with E-state index in [0.29, 0.717) is 4.73 Å². The second-order valence-corrected chi connectivity index (χ2v) is 3.66. The Bertz CT molecular complexity index is 558. The summed E-state index contributed by atoms with van der Waals surface area (Å²) in [5, 5.41) is 18.7. The molecule has 6 nitrogen and oxygen atoms in total. The number of aromatic hydroxyl groups is 2. The molecule has 0 aliphatic rings. The van der Waals surface area contributed by atoms with Crippen LogP contribution in [0.2, 0.25) is 0 Å². The molecule has 94 valence electrons. The standard InChI is InChI=1S/C12H12N2O4/c1-2-8-5-9(7-13-6-8)12(17)18-14-10(15)3-4-11(14)16/h3-7,15-16H,2H2,1H3. The Morgan fingerprint density at radius 3 is 2.61 bits per heavy atom. The van der Waals surface area contributed by atoms with Crippen LogP contribution in [0.5, 0.6) is 11.8 Å². The van der Waals surface area contributed by atoms with Gasteiger partial charge in [0.05, 0.1) is 5.56 Å². The fraction of sp³-hybridized carbons (Fsp3) is 0.167. The van der Waals surface area contributed by atoms with Gasteiger partial charge in [0.2, 0.25) is 11.8 Å². The van der Waals surface area contributed by atoms with Crippen LogP contribution in [0.4, 0.5) is 0 Å². The molecule has 0 spiro atoms. The average Bonchev–Trinajstić information content (AvgIpc) is 2.70. The molecule has 2 N–H and O–H groups in total. The van der Waals surface area contributed by atoms with E-state index in [1.165, 1.54) is 18.3 Å². The maximum absolute atomic E-state index is 11.8. The fourth-order valence-corrected chi connectivity index (χ4v) is 1.42. The van der Waals surface area contributed by atoms with Gasteiger partial charge in [-0.1, -0.05) is 6.92 Å². The van der Waals surface area contributed by atoms with Gasteiger partial charge in [0.1, 0.15) is 0 Å². The molecular formula is C12H12N2O4. The van der Waals surface area contributed by atoms with Crippen molar-refractivity contribution in [1.82, 2.24) is 9.71 Å². The summed E-state index contributed by atoms with van der Waals surface area (Å²) in [7, 11) is 0. The van der Waals surface area contributed by atoms with E-state index in [1.807, 2.05) is 6.92 Å². The minimum Gasteiger partial charge on any atom is -0.492 e. The fourth-order valence-electron chi connectivity index (χ4n) is 1.42. The Labute approximate surface area is 103 Å². The van der Waals surface area contributed by atoms with E-state index in [-0.39, 0.29) is 17.3 Å². The van der Waals surface area contributed by atoms with E-state index in [0.717, 1.165) is 12.0 Å². The number of carbonyl (C=O) groups excluding carboxylic acids is 1. The van der Waals surface area contributed by atoms with Crippen molar-refractivity contribution in [2.75, 3.05) is 0 Å². The normalized spacial score (nSPS) is 10.3. The highest BCUT2D eigenvalue weighted by molar-refractivity contribution is 5.89. The number of rotatable bonds is 3. The van der Waals surface area contributed by atoms with Gasteiger partial charge in [-0.3, -0.25) is 4.98 Å². The van der Waals surface area contributed by atoms with Crippen LogP contribution in [-0.2, 0) is 6.42 Å². The van der Waals surface area contributed by atoms with Crippen molar-refractivity contribution in [3.05, 3.63) is 41.7 Å². The number of pyridine rings is 1. The first-order chi connectivity index (χ1) is 8.61. The second-order valence-electron chi connectivity index (χ2n) is 3.66. The smallest absolute Gasteiger partial charge is 0.365 e. The van der Waals surface area contributed by atoms with Gasteiger partial charge in [0.25, 0.3) is 0 Å². The van der Waals surface area contributed by atoms with Gasteiger partial charge < -0.3 is 15.1 Å². The topological polar surface area (TPSA) is 84.6 Å². The molecule has 0 amide bonds. The van der Waals surface area contributed by atoms with E-state index < -0.39 is 5.97 Å². The summed E-state index contributed by atoms with van der Waals surface area (Å²) < 4.78 is 0.640. The lowest BCUT2D eigenvalue weighted by Crippen LogP contribution is -2.19. The number of carbonyl (C=O) groups is 1. The van der Waals surface area contributed by atoms with Crippen LogP contribution in [0, 0.1) is 0 Å². The first-order valence-electron chi connectivity index (χ1n) is 5.38. The van der Waals surface area contributed by atoms with Crippen molar-refractivity contribution in [2.45, 2.75) is 13.3 Å². The van der Waals surface area contributed by atoms with Crippen molar-refractivity contribution in [3.8, 4) is 11.8 Å². The highest BCUT2D eigenvalue weighted by Crippen LogP contribution is 2.19. The lowest BCUT2D eigenvalue weighted by atomic mass is 10.2. The quantitative estimate of drug-likeness (QED) is 0.850. The third-order valence-corrected chi connectivity index (χ3v) is 2.41. The molecule has 2 aromatic rings. The monoisotopic (exact) mass is 248 g/mol.